The first kappa shape index (κ1) is 28.6. The average Bonchev–Trinajstić information content (AvgIpc) is 2.72. The molecular formula is C20H14BF9IN3O. The fourth-order valence-corrected chi connectivity index (χ4v) is 3.71. The number of nitrogens with zero attached hydrogens (tertiary/aromatic N) is 1. The third kappa shape index (κ3) is 6.14. The minimum Gasteiger partial charge on any atom is -0.384 e. The van der Waals surface area contributed by atoms with Crippen LogP contribution in [0.25, 0.3) is 0 Å². The van der Waals surface area contributed by atoms with Crippen LogP contribution in [0.15, 0.2) is 36.4 Å². The highest BCUT2D eigenvalue weighted by molar-refractivity contribution is 14.1. The molecule has 4 nitrogen and oxygen atoms in total. The van der Waals surface area contributed by atoms with Crippen molar-refractivity contribution in [3.8, 4) is 6.07 Å². The van der Waals surface area contributed by atoms with Crippen molar-refractivity contribution < 1.29 is 44.3 Å². The highest BCUT2D eigenvalue weighted by Crippen LogP contribution is 2.51. The van der Waals surface area contributed by atoms with E-state index in [0.717, 1.165) is 22.6 Å². The summed E-state index contributed by atoms with van der Waals surface area (Å²) in [5, 5.41) is 8.72. The largest absolute Gasteiger partial charge is 0.418 e. The van der Waals surface area contributed by atoms with Gasteiger partial charge in [-0.15, -0.1) is 0 Å². The predicted molar refractivity (Wildman–Crippen MR) is 120 cm³/mol. The third-order valence-electron chi connectivity index (χ3n) is 5.04. The number of benzene rings is 2. The molecule has 0 heterocycles. The molecular weight excluding hydrogens is 607 g/mol. The molecule has 2 aromatic rings. The maximum Gasteiger partial charge on any atom is 0.418 e. The maximum atomic E-state index is 13.7. The molecule has 0 fully saturated rings. The summed E-state index contributed by atoms with van der Waals surface area (Å²) in [4.78, 5) is 12.6. The van der Waals surface area contributed by atoms with E-state index in [1.54, 1.807) is 0 Å². The Labute approximate surface area is 207 Å². The number of anilines is 2. The highest BCUT2D eigenvalue weighted by atomic mass is 127. The number of hydrogen-bond donors (Lipinski definition) is 2. The Hall–Kier alpha value is -2.64. The second-order valence-electron chi connectivity index (χ2n) is 7.37. The zero-order chi connectivity index (χ0) is 26.8. The normalized spacial score (nSPS) is 12.7. The molecule has 0 aromatic heterocycles. The molecule has 0 radical (unpaired) electrons. The molecule has 0 saturated heterocycles. The Morgan fingerprint density at radius 2 is 1.60 bits per heavy atom. The molecule has 0 spiro atoms. The van der Waals surface area contributed by atoms with Crippen molar-refractivity contribution in [1.29, 1.82) is 5.26 Å². The monoisotopic (exact) mass is 621 g/mol. The second kappa shape index (κ2) is 10.2. The smallest absolute Gasteiger partial charge is 0.384 e. The van der Waals surface area contributed by atoms with Crippen molar-refractivity contribution in [2.45, 2.75) is 30.3 Å². The lowest BCUT2D eigenvalue weighted by atomic mass is 9.62. The molecule has 0 unspecified atom stereocenters. The Morgan fingerprint density at radius 1 is 1.00 bits per heavy atom. The minimum absolute atomic E-state index is 0.130. The summed E-state index contributed by atoms with van der Waals surface area (Å²) in [6.07, 6.45) is -17.2. The van der Waals surface area contributed by atoms with E-state index in [9.17, 15) is 44.3 Å². The second-order valence-corrected chi connectivity index (χ2v) is 8.53. The van der Waals surface area contributed by atoms with Crippen molar-refractivity contribution in [3.05, 3.63) is 56.7 Å². The summed E-state index contributed by atoms with van der Waals surface area (Å²) in [6, 6.07) is 7.34. The van der Waals surface area contributed by atoms with Crippen molar-refractivity contribution >= 4 is 47.7 Å². The van der Waals surface area contributed by atoms with E-state index in [1.807, 2.05) is 11.4 Å². The predicted octanol–water partition coefficient (Wildman–Crippen LogP) is 5.84. The lowest BCUT2D eigenvalue weighted by molar-refractivity contribution is -0.273. The summed E-state index contributed by atoms with van der Waals surface area (Å²) in [7, 11) is -0.248. The number of amides is 1. The van der Waals surface area contributed by atoms with Crippen LogP contribution >= 0.6 is 22.6 Å². The first-order valence-electron chi connectivity index (χ1n) is 9.50. The summed E-state index contributed by atoms with van der Waals surface area (Å²) in [5.41, 5.74) is -4.30. The topological polar surface area (TPSA) is 64.9 Å². The number of carbonyl (C=O) groups excluding carboxylic acids is 1. The van der Waals surface area contributed by atoms with Crippen molar-refractivity contribution in [2.24, 2.45) is 0 Å². The zero-order valence-corrected chi connectivity index (χ0v) is 19.7. The maximum absolute atomic E-state index is 13.7. The standard InChI is InChI=1S/C20H14BF9IN3O/c21-17(19(25,26)27,20(28,29)30)11-8-13(18(22,23)24)15(14(31)9-11)34-16(35)10-3-1-4-12(7-10)33-6-2-5-32/h1,3-4,7-9,33H,2,6,21H2,(H,34,35). The van der Waals surface area contributed by atoms with Gasteiger partial charge in [-0.05, 0) is 58.5 Å². The van der Waals surface area contributed by atoms with E-state index in [-0.39, 0.29) is 32.4 Å². The van der Waals surface area contributed by atoms with Crippen LogP contribution in [0.3, 0.4) is 0 Å². The van der Waals surface area contributed by atoms with Crippen LogP contribution in [0.5, 0.6) is 0 Å². The third-order valence-corrected chi connectivity index (χ3v) is 5.89. The van der Waals surface area contributed by atoms with E-state index < -0.39 is 50.1 Å². The molecule has 15 heteroatoms. The summed E-state index contributed by atoms with van der Waals surface area (Å²) in [5.74, 6) is -1.08. The van der Waals surface area contributed by atoms with Gasteiger partial charge in [-0.3, -0.25) is 4.79 Å². The van der Waals surface area contributed by atoms with Crippen LogP contribution in [-0.4, -0.2) is 32.7 Å². The Bertz CT molecular complexity index is 1130. The molecule has 188 valence electrons. The number of halogens is 10. The van der Waals surface area contributed by atoms with Gasteiger partial charge in [-0.25, -0.2) is 0 Å². The van der Waals surface area contributed by atoms with E-state index in [2.05, 4.69) is 5.32 Å². The fourth-order valence-electron chi connectivity index (χ4n) is 2.95. The van der Waals surface area contributed by atoms with Crippen LogP contribution in [0.4, 0.5) is 50.9 Å². The van der Waals surface area contributed by atoms with Crippen molar-refractivity contribution in [2.75, 3.05) is 17.2 Å². The molecule has 2 aromatic carbocycles. The van der Waals surface area contributed by atoms with Gasteiger partial charge in [0.25, 0.3) is 5.91 Å². The zero-order valence-electron chi connectivity index (χ0n) is 17.5. The molecule has 1 amide bonds. The van der Waals surface area contributed by atoms with Crippen LogP contribution in [0, 0.1) is 14.9 Å². The van der Waals surface area contributed by atoms with Gasteiger partial charge in [0, 0.05) is 21.4 Å². The molecule has 0 bridgehead atoms. The van der Waals surface area contributed by atoms with E-state index in [0.29, 0.717) is 11.8 Å². The van der Waals surface area contributed by atoms with Gasteiger partial charge in [0.1, 0.15) is 7.85 Å². The molecule has 0 aliphatic rings. The quantitative estimate of drug-likeness (QED) is 0.185. The van der Waals surface area contributed by atoms with Gasteiger partial charge in [0.2, 0.25) is 0 Å². The highest BCUT2D eigenvalue weighted by Gasteiger charge is 2.68. The van der Waals surface area contributed by atoms with Gasteiger partial charge in [-0.2, -0.15) is 44.8 Å². The van der Waals surface area contributed by atoms with Gasteiger partial charge in [-0.1, -0.05) is 6.07 Å². The first-order valence-corrected chi connectivity index (χ1v) is 10.6. The summed E-state index contributed by atoms with van der Waals surface area (Å²) >= 11 is 1.14. The van der Waals surface area contributed by atoms with Crippen LogP contribution in [0.2, 0.25) is 0 Å². The molecule has 0 aliphatic heterocycles. The molecule has 2 N–H and O–H groups in total. The molecule has 0 saturated carbocycles. The van der Waals surface area contributed by atoms with Crippen LogP contribution in [-0.2, 0) is 11.5 Å². The lowest BCUT2D eigenvalue weighted by Crippen LogP contribution is -2.54. The van der Waals surface area contributed by atoms with E-state index in [1.165, 1.54) is 24.3 Å². The minimum atomic E-state index is -5.96. The Kier molecular flexibility index (Phi) is 8.30. The number of nitrogens with one attached hydrogen (secondary N) is 2. The van der Waals surface area contributed by atoms with Crippen molar-refractivity contribution in [1.82, 2.24) is 0 Å². The van der Waals surface area contributed by atoms with E-state index in [4.69, 9.17) is 5.26 Å². The van der Waals surface area contributed by atoms with Gasteiger partial charge < -0.3 is 10.6 Å². The van der Waals surface area contributed by atoms with Crippen LogP contribution in [0.1, 0.15) is 27.9 Å². The Balaban J connectivity index is 2.57. The molecule has 0 aliphatic carbocycles. The van der Waals surface area contributed by atoms with Gasteiger partial charge >= 0.3 is 18.5 Å². The van der Waals surface area contributed by atoms with Gasteiger partial charge in [0.05, 0.1) is 23.7 Å². The fraction of sp³-hybridized carbons (Fsp3) is 0.300. The molecule has 35 heavy (non-hydrogen) atoms. The van der Waals surface area contributed by atoms with Gasteiger partial charge in [0.15, 0.2) is 5.31 Å². The number of carbonyl (C=O) groups is 1. The SMILES string of the molecule is BC(c1cc(I)c(NC(=O)c2cccc(NCCC#N)c2)c(C(F)(F)F)c1)(C(F)(F)F)C(F)(F)F. The first-order chi connectivity index (χ1) is 15.9. The molecule has 0 atom stereocenters. The number of alkyl halides is 9. The summed E-state index contributed by atoms with van der Waals surface area (Å²) in [6.45, 7) is 0.219. The number of nitriles is 1. The van der Waals surface area contributed by atoms with Crippen LogP contribution < -0.4 is 10.6 Å². The molecule has 2 rings (SSSR count). The average molecular weight is 621 g/mol. The number of rotatable bonds is 6. The Morgan fingerprint density at radius 3 is 2.11 bits per heavy atom. The lowest BCUT2D eigenvalue weighted by Gasteiger charge is -2.35. The summed E-state index contributed by atoms with van der Waals surface area (Å²) < 4.78 is 121. The van der Waals surface area contributed by atoms with E-state index >= 15 is 0 Å². The van der Waals surface area contributed by atoms with Crippen molar-refractivity contribution in [3.63, 3.8) is 0 Å². The number of hydrogen-bond acceptors (Lipinski definition) is 3.